The van der Waals surface area contributed by atoms with Gasteiger partial charge in [-0.25, -0.2) is 0 Å². The lowest BCUT2D eigenvalue weighted by atomic mass is 10.2. The minimum absolute atomic E-state index is 0.0454. The van der Waals surface area contributed by atoms with Crippen LogP contribution in [0.1, 0.15) is 12.5 Å². The van der Waals surface area contributed by atoms with Gasteiger partial charge in [0.15, 0.2) is 0 Å². The molecule has 1 aliphatic heterocycles. The number of carbonyl (C=O) groups excluding carboxylic acids is 1. The molecule has 15 heavy (non-hydrogen) atoms. The lowest BCUT2D eigenvalue weighted by Gasteiger charge is -2.19. The Labute approximate surface area is 93.8 Å². The van der Waals surface area contributed by atoms with Crippen molar-refractivity contribution in [1.82, 2.24) is 0 Å². The normalized spacial score (nSPS) is 16.3. The van der Waals surface area contributed by atoms with Crippen LogP contribution in [-0.2, 0) is 11.2 Å². The van der Waals surface area contributed by atoms with Gasteiger partial charge in [0.2, 0.25) is 5.91 Å². The zero-order chi connectivity index (χ0) is 11.0. The van der Waals surface area contributed by atoms with E-state index in [1.807, 2.05) is 18.2 Å². The van der Waals surface area contributed by atoms with E-state index in [4.69, 9.17) is 17.3 Å². The number of benzene rings is 1. The zero-order valence-electron chi connectivity index (χ0n) is 8.53. The summed E-state index contributed by atoms with van der Waals surface area (Å²) in [6.45, 7) is 2.40. The molecule has 4 heteroatoms. The standard InChI is InChI=1S/C11H13ClN2O/c1-7(13)11(15)14-5-4-8-2-3-9(12)6-10(8)14/h2-3,6-7H,4-5,13H2,1H3/t7-/m1/s1. The fraction of sp³-hybridized carbons (Fsp3) is 0.364. The van der Waals surface area contributed by atoms with Crippen LogP contribution >= 0.6 is 11.6 Å². The Hall–Kier alpha value is -1.06. The van der Waals surface area contributed by atoms with Gasteiger partial charge >= 0.3 is 0 Å². The Bertz CT molecular complexity index is 404. The van der Waals surface area contributed by atoms with Crippen LogP contribution in [0.15, 0.2) is 18.2 Å². The molecule has 0 spiro atoms. The van der Waals surface area contributed by atoms with Crippen molar-refractivity contribution in [1.29, 1.82) is 0 Å². The van der Waals surface area contributed by atoms with Gasteiger partial charge in [0.1, 0.15) is 0 Å². The molecule has 80 valence electrons. The Balaban J connectivity index is 2.35. The highest BCUT2D eigenvalue weighted by molar-refractivity contribution is 6.31. The van der Waals surface area contributed by atoms with E-state index >= 15 is 0 Å². The molecule has 0 saturated carbocycles. The Morgan fingerprint density at radius 1 is 1.60 bits per heavy atom. The minimum atomic E-state index is -0.463. The highest BCUT2D eigenvalue weighted by Crippen LogP contribution is 2.30. The van der Waals surface area contributed by atoms with Gasteiger partial charge in [0, 0.05) is 17.3 Å². The largest absolute Gasteiger partial charge is 0.320 e. The summed E-state index contributed by atoms with van der Waals surface area (Å²) in [6, 6.07) is 5.17. The van der Waals surface area contributed by atoms with E-state index in [1.54, 1.807) is 11.8 Å². The highest BCUT2D eigenvalue weighted by atomic mass is 35.5. The number of nitrogens with zero attached hydrogens (tertiary/aromatic N) is 1. The van der Waals surface area contributed by atoms with Crippen LogP contribution in [0.25, 0.3) is 0 Å². The maximum atomic E-state index is 11.8. The summed E-state index contributed by atoms with van der Waals surface area (Å²) in [7, 11) is 0. The molecule has 1 amide bonds. The number of amides is 1. The van der Waals surface area contributed by atoms with Crippen LogP contribution in [0.2, 0.25) is 5.02 Å². The van der Waals surface area contributed by atoms with Gasteiger partial charge in [0.25, 0.3) is 0 Å². The molecule has 1 aliphatic rings. The van der Waals surface area contributed by atoms with Crippen molar-refractivity contribution in [2.75, 3.05) is 11.4 Å². The quantitative estimate of drug-likeness (QED) is 0.787. The van der Waals surface area contributed by atoms with Crippen LogP contribution in [0.4, 0.5) is 5.69 Å². The molecule has 0 radical (unpaired) electrons. The number of nitrogens with two attached hydrogens (primary N) is 1. The molecule has 0 saturated heterocycles. The molecule has 2 N–H and O–H groups in total. The predicted octanol–water partition coefficient (Wildman–Crippen LogP) is 1.58. The first-order chi connectivity index (χ1) is 7.09. The SMILES string of the molecule is C[C@@H](N)C(=O)N1CCc2ccc(Cl)cc21. The summed E-state index contributed by atoms with van der Waals surface area (Å²) >= 11 is 5.90. The maximum absolute atomic E-state index is 11.8. The molecule has 3 nitrogen and oxygen atoms in total. The second kappa shape index (κ2) is 3.83. The van der Waals surface area contributed by atoms with Crippen molar-refractivity contribution in [2.24, 2.45) is 5.73 Å². The number of halogens is 1. The van der Waals surface area contributed by atoms with Gasteiger partial charge in [-0.05, 0) is 31.0 Å². The van der Waals surface area contributed by atoms with Crippen molar-refractivity contribution < 1.29 is 4.79 Å². The van der Waals surface area contributed by atoms with Crippen LogP contribution in [0.5, 0.6) is 0 Å². The molecule has 1 aromatic carbocycles. The van der Waals surface area contributed by atoms with Crippen LogP contribution in [0.3, 0.4) is 0 Å². The summed E-state index contributed by atoms with van der Waals surface area (Å²) in [4.78, 5) is 13.5. The van der Waals surface area contributed by atoms with Crippen LogP contribution < -0.4 is 10.6 Å². The number of rotatable bonds is 1. The Kier molecular flexibility index (Phi) is 2.67. The van der Waals surface area contributed by atoms with E-state index in [1.165, 1.54) is 0 Å². The van der Waals surface area contributed by atoms with Gasteiger partial charge < -0.3 is 10.6 Å². The fourth-order valence-corrected chi connectivity index (χ4v) is 1.99. The molecule has 0 bridgehead atoms. The minimum Gasteiger partial charge on any atom is -0.320 e. The van der Waals surface area contributed by atoms with Crippen molar-refractivity contribution in [3.05, 3.63) is 28.8 Å². The van der Waals surface area contributed by atoms with Crippen LogP contribution in [0, 0.1) is 0 Å². The van der Waals surface area contributed by atoms with Gasteiger partial charge in [-0.3, -0.25) is 4.79 Å². The molecule has 0 aromatic heterocycles. The highest BCUT2D eigenvalue weighted by Gasteiger charge is 2.26. The van der Waals surface area contributed by atoms with E-state index < -0.39 is 6.04 Å². The van der Waals surface area contributed by atoms with Gasteiger partial charge in [-0.2, -0.15) is 0 Å². The smallest absolute Gasteiger partial charge is 0.243 e. The Morgan fingerprint density at radius 3 is 3.00 bits per heavy atom. The van der Waals surface area contributed by atoms with E-state index in [-0.39, 0.29) is 5.91 Å². The number of fused-ring (bicyclic) bond motifs is 1. The second-order valence-electron chi connectivity index (χ2n) is 3.80. The zero-order valence-corrected chi connectivity index (χ0v) is 9.29. The van der Waals surface area contributed by atoms with Crippen molar-refractivity contribution >= 4 is 23.2 Å². The van der Waals surface area contributed by atoms with Gasteiger partial charge in [-0.1, -0.05) is 17.7 Å². The number of carbonyl (C=O) groups is 1. The third-order valence-corrected chi connectivity index (χ3v) is 2.83. The van der Waals surface area contributed by atoms with E-state index in [9.17, 15) is 4.79 Å². The van der Waals surface area contributed by atoms with Gasteiger partial charge in [0.05, 0.1) is 6.04 Å². The average Bonchev–Trinajstić information content (AvgIpc) is 2.59. The number of hydrogen-bond acceptors (Lipinski definition) is 2. The molecular formula is C11H13ClN2O. The predicted molar refractivity (Wildman–Crippen MR) is 61.2 cm³/mol. The fourth-order valence-electron chi connectivity index (χ4n) is 1.83. The third kappa shape index (κ3) is 1.85. The summed E-state index contributed by atoms with van der Waals surface area (Å²) in [6.07, 6.45) is 0.880. The first-order valence-corrected chi connectivity index (χ1v) is 5.33. The average molecular weight is 225 g/mol. The second-order valence-corrected chi connectivity index (χ2v) is 4.24. The van der Waals surface area contributed by atoms with Crippen molar-refractivity contribution in [2.45, 2.75) is 19.4 Å². The third-order valence-electron chi connectivity index (χ3n) is 2.60. The first kappa shape index (κ1) is 10.5. The summed E-state index contributed by atoms with van der Waals surface area (Å²) < 4.78 is 0. The molecule has 1 heterocycles. The number of hydrogen-bond donors (Lipinski definition) is 1. The molecule has 2 rings (SSSR count). The molecule has 0 unspecified atom stereocenters. The van der Waals surface area contributed by atoms with Crippen LogP contribution in [-0.4, -0.2) is 18.5 Å². The van der Waals surface area contributed by atoms with E-state index in [2.05, 4.69) is 0 Å². The van der Waals surface area contributed by atoms with Crippen molar-refractivity contribution in [3.63, 3.8) is 0 Å². The lowest BCUT2D eigenvalue weighted by Crippen LogP contribution is -2.41. The van der Waals surface area contributed by atoms with Crippen molar-refractivity contribution in [3.8, 4) is 0 Å². The molecular weight excluding hydrogens is 212 g/mol. The number of anilines is 1. The maximum Gasteiger partial charge on any atom is 0.243 e. The first-order valence-electron chi connectivity index (χ1n) is 4.95. The molecule has 1 atom stereocenters. The summed E-state index contributed by atoms with van der Waals surface area (Å²) in [5.41, 5.74) is 7.65. The summed E-state index contributed by atoms with van der Waals surface area (Å²) in [5.74, 6) is -0.0454. The monoisotopic (exact) mass is 224 g/mol. The Morgan fingerprint density at radius 2 is 2.33 bits per heavy atom. The summed E-state index contributed by atoms with van der Waals surface area (Å²) in [5, 5.41) is 0.651. The topological polar surface area (TPSA) is 46.3 Å². The van der Waals surface area contributed by atoms with E-state index in [0.717, 1.165) is 17.7 Å². The molecule has 0 aliphatic carbocycles. The lowest BCUT2D eigenvalue weighted by molar-refractivity contribution is -0.119. The molecule has 1 aromatic rings. The molecule has 0 fully saturated rings. The van der Waals surface area contributed by atoms with E-state index in [0.29, 0.717) is 11.6 Å². The van der Waals surface area contributed by atoms with Gasteiger partial charge in [-0.15, -0.1) is 0 Å².